The van der Waals surface area contributed by atoms with Gasteiger partial charge in [-0.15, -0.1) is 0 Å². The second-order valence-corrected chi connectivity index (χ2v) is 12.2. The fourth-order valence-corrected chi connectivity index (χ4v) is 6.70. The molecular weight excluding hydrogens is 472 g/mol. The largest absolute Gasteiger partial charge is 0.493 e. The number of hydrogen-bond donors (Lipinski definition) is 0. The van der Waals surface area contributed by atoms with Crippen molar-refractivity contribution in [2.24, 2.45) is 11.8 Å². The average molecular weight is 517 g/mol. The SMILES string of the molecule is CN(C(=O)c1ccc(OCC2CC2)cc1)[C@H]1CCc2cc(C3CCCCN3CC3CCOCC3)ccc2C1. The number of piperidine rings is 1. The summed E-state index contributed by atoms with van der Waals surface area (Å²) >= 11 is 0. The summed E-state index contributed by atoms with van der Waals surface area (Å²) in [5.74, 6) is 2.48. The highest BCUT2D eigenvalue weighted by atomic mass is 16.5. The lowest BCUT2D eigenvalue weighted by atomic mass is 9.84. The van der Waals surface area contributed by atoms with Gasteiger partial charge in [0.1, 0.15) is 5.75 Å². The van der Waals surface area contributed by atoms with E-state index in [0.717, 1.165) is 62.2 Å². The summed E-state index contributed by atoms with van der Waals surface area (Å²) in [6.45, 7) is 5.10. The van der Waals surface area contributed by atoms with Crippen LogP contribution in [0.3, 0.4) is 0 Å². The van der Waals surface area contributed by atoms with E-state index in [9.17, 15) is 4.79 Å². The van der Waals surface area contributed by atoms with Gasteiger partial charge in [-0.1, -0.05) is 24.6 Å². The molecule has 2 heterocycles. The molecule has 1 saturated carbocycles. The number of hydrogen-bond acceptors (Lipinski definition) is 4. The van der Waals surface area contributed by atoms with Crippen molar-refractivity contribution in [1.82, 2.24) is 9.80 Å². The molecule has 0 spiro atoms. The van der Waals surface area contributed by atoms with E-state index in [1.165, 1.54) is 74.7 Å². The van der Waals surface area contributed by atoms with E-state index in [1.807, 2.05) is 36.2 Å². The molecule has 4 aliphatic rings. The summed E-state index contributed by atoms with van der Waals surface area (Å²) in [6, 6.07) is 15.8. The first-order chi connectivity index (χ1) is 18.6. The molecular formula is C33H44N2O3. The molecule has 1 amide bonds. The fraction of sp³-hybridized carbons (Fsp3) is 0.606. The Hall–Kier alpha value is -2.37. The first kappa shape index (κ1) is 25.9. The van der Waals surface area contributed by atoms with Crippen LogP contribution in [-0.4, -0.2) is 61.7 Å². The van der Waals surface area contributed by atoms with Crippen LogP contribution in [-0.2, 0) is 17.6 Å². The molecule has 2 aliphatic carbocycles. The van der Waals surface area contributed by atoms with Crippen molar-refractivity contribution in [3.63, 3.8) is 0 Å². The van der Waals surface area contributed by atoms with E-state index in [-0.39, 0.29) is 11.9 Å². The molecule has 2 aliphatic heterocycles. The second kappa shape index (κ2) is 11.8. The molecule has 5 heteroatoms. The van der Waals surface area contributed by atoms with Crippen molar-refractivity contribution >= 4 is 5.91 Å². The summed E-state index contributed by atoms with van der Waals surface area (Å²) in [5.41, 5.74) is 5.16. The Morgan fingerprint density at radius 3 is 2.55 bits per heavy atom. The summed E-state index contributed by atoms with van der Waals surface area (Å²) in [4.78, 5) is 18.0. The molecule has 6 rings (SSSR count). The maximum atomic E-state index is 13.3. The molecule has 0 aromatic heterocycles. The maximum absolute atomic E-state index is 13.3. The fourth-order valence-electron chi connectivity index (χ4n) is 6.70. The van der Waals surface area contributed by atoms with Gasteiger partial charge in [-0.2, -0.15) is 0 Å². The quantitative estimate of drug-likeness (QED) is 0.428. The first-order valence-corrected chi connectivity index (χ1v) is 15.1. The smallest absolute Gasteiger partial charge is 0.253 e. The Morgan fingerprint density at radius 2 is 1.76 bits per heavy atom. The number of likely N-dealkylation sites (tertiary alicyclic amines) is 1. The van der Waals surface area contributed by atoms with Crippen LogP contribution in [0.1, 0.15) is 84.5 Å². The minimum Gasteiger partial charge on any atom is -0.493 e. The number of nitrogens with zero attached hydrogens (tertiary/aromatic N) is 2. The van der Waals surface area contributed by atoms with E-state index in [1.54, 1.807) is 0 Å². The van der Waals surface area contributed by atoms with Crippen LogP contribution in [0.5, 0.6) is 5.75 Å². The number of carbonyl (C=O) groups is 1. The number of aryl methyl sites for hydroxylation is 1. The van der Waals surface area contributed by atoms with Crippen LogP contribution < -0.4 is 4.74 Å². The van der Waals surface area contributed by atoms with Crippen LogP contribution in [0, 0.1) is 11.8 Å². The van der Waals surface area contributed by atoms with Crippen LogP contribution >= 0.6 is 0 Å². The summed E-state index contributed by atoms with van der Waals surface area (Å²) in [6.07, 6.45) is 11.9. The van der Waals surface area contributed by atoms with Gasteiger partial charge in [0.05, 0.1) is 6.61 Å². The Labute approximate surface area is 228 Å². The Kier molecular flexibility index (Phi) is 8.03. The van der Waals surface area contributed by atoms with Gasteiger partial charge in [-0.25, -0.2) is 0 Å². The Morgan fingerprint density at radius 1 is 0.947 bits per heavy atom. The molecule has 38 heavy (non-hydrogen) atoms. The zero-order chi connectivity index (χ0) is 25.9. The van der Waals surface area contributed by atoms with E-state index in [4.69, 9.17) is 9.47 Å². The summed E-state index contributed by atoms with van der Waals surface area (Å²) in [7, 11) is 1.97. The highest BCUT2D eigenvalue weighted by Gasteiger charge is 2.30. The molecule has 204 valence electrons. The van der Waals surface area contributed by atoms with Crippen molar-refractivity contribution in [3.05, 3.63) is 64.7 Å². The summed E-state index contributed by atoms with van der Waals surface area (Å²) < 4.78 is 11.4. The lowest BCUT2D eigenvalue weighted by molar-refractivity contribution is 0.0382. The summed E-state index contributed by atoms with van der Waals surface area (Å²) in [5, 5.41) is 0. The third-order valence-corrected chi connectivity index (χ3v) is 9.42. The van der Waals surface area contributed by atoms with Crippen molar-refractivity contribution in [2.45, 2.75) is 76.3 Å². The van der Waals surface area contributed by atoms with Gasteiger partial charge in [-0.05, 0) is 117 Å². The van der Waals surface area contributed by atoms with Crippen molar-refractivity contribution in [3.8, 4) is 5.75 Å². The van der Waals surface area contributed by atoms with Crippen LogP contribution in [0.25, 0.3) is 0 Å². The van der Waals surface area contributed by atoms with Crippen LogP contribution in [0.4, 0.5) is 0 Å². The number of benzene rings is 2. The zero-order valence-electron chi connectivity index (χ0n) is 23.1. The van der Waals surface area contributed by atoms with Gasteiger partial charge in [0.15, 0.2) is 0 Å². The number of rotatable bonds is 8. The first-order valence-electron chi connectivity index (χ1n) is 15.1. The van der Waals surface area contributed by atoms with Gasteiger partial charge < -0.3 is 14.4 Å². The lowest BCUT2D eigenvalue weighted by Crippen LogP contribution is -2.41. The molecule has 1 unspecified atom stereocenters. The van der Waals surface area contributed by atoms with E-state index < -0.39 is 0 Å². The number of amides is 1. The Balaban J connectivity index is 1.08. The topological polar surface area (TPSA) is 42.0 Å². The van der Waals surface area contributed by atoms with Gasteiger partial charge in [0.2, 0.25) is 0 Å². The normalized spacial score (nSPS) is 24.6. The minimum atomic E-state index is 0.106. The van der Waals surface area contributed by atoms with Gasteiger partial charge in [-0.3, -0.25) is 9.69 Å². The standard InChI is InChI=1S/C33H44N2O3/c1-34(33(36)26-10-13-31(14-11-26)38-23-25-5-6-25)30-12-9-27-20-29(8-7-28(27)21-30)32-4-2-3-17-35(32)22-24-15-18-37-19-16-24/h7-8,10-11,13-14,20,24-25,30,32H,2-6,9,12,15-19,21-23H2,1H3/t30-,32?/m0/s1. The highest BCUT2D eigenvalue weighted by molar-refractivity contribution is 5.94. The maximum Gasteiger partial charge on any atom is 0.253 e. The predicted octanol–water partition coefficient (Wildman–Crippen LogP) is 6.06. The zero-order valence-corrected chi connectivity index (χ0v) is 23.1. The number of likely N-dealkylation sites (N-methyl/N-ethyl adjacent to an activating group) is 1. The third-order valence-electron chi connectivity index (χ3n) is 9.42. The van der Waals surface area contributed by atoms with Gasteiger partial charge >= 0.3 is 0 Å². The molecule has 2 aromatic carbocycles. The minimum absolute atomic E-state index is 0.106. The molecule has 2 aromatic rings. The second-order valence-electron chi connectivity index (χ2n) is 12.2. The molecule has 0 bridgehead atoms. The van der Waals surface area contributed by atoms with Crippen molar-refractivity contribution in [1.29, 1.82) is 0 Å². The molecule has 5 nitrogen and oxygen atoms in total. The molecule has 0 radical (unpaired) electrons. The average Bonchev–Trinajstić information content (AvgIpc) is 3.81. The highest BCUT2D eigenvalue weighted by Crippen LogP contribution is 2.35. The predicted molar refractivity (Wildman–Crippen MR) is 151 cm³/mol. The van der Waals surface area contributed by atoms with Gasteiger partial charge in [0, 0.05) is 44.5 Å². The van der Waals surface area contributed by atoms with E-state index in [2.05, 4.69) is 23.1 Å². The van der Waals surface area contributed by atoms with E-state index >= 15 is 0 Å². The molecule has 2 saturated heterocycles. The van der Waals surface area contributed by atoms with Crippen molar-refractivity contribution < 1.29 is 14.3 Å². The van der Waals surface area contributed by atoms with Crippen molar-refractivity contribution in [2.75, 3.05) is 40.0 Å². The van der Waals surface area contributed by atoms with Gasteiger partial charge in [0.25, 0.3) is 5.91 Å². The van der Waals surface area contributed by atoms with E-state index in [0.29, 0.717) is 6.04 Å². The van der Waals surface area contributed by atoms with Crippen LogP contribution in [0.2, 0.25) is 0 Å². The number of fused-ring (bicyclic) bond motifs is 1. The molecule has 2 atom stereocenters. The number of carbonyl (C=O) groups excluding carboxylic acids is 1. The lowest BCUT2D eigenvalue weighted by Gasteiger charge is -2.39. The molecule has 0 N–H and O–H groups in total. The molecule has 3 fully saturated rings. The third kappa shape index (κ3) is 6.10. The monoisotopic (exact) mass is 516 g/mol. The van der Waals surface area contributed by atoms with Crippen LogP contribution in [0.15, 0.2) is 42.5 Å². The Bertz CT molecular complexity index is 1090. The number of ether oxygens (including phenoxy) is 2.